The van der Waals surface area contributed by atoms with Gasteiger partial charge in [-0.25, -0.2) is 0 Å². The van der Waals surface area contributed by atoms with E-state index in [9.17, 15) is 0 Å². The molecule has 1 unspecified atom stereocenters. The van der Waals surface area contributed by atoms with Crippen LogP contribution in [0, 0.1) is 0 Å². The fraction of sp³-hybridized carbons (Fsp3) is 0.800. The first kappa shape index (κ1) is 8.79. The number of unbranched alkanes of at least 4 members (excludes halogenated alkanes) is 1. The molecule has 1 nitrogen and oxygen atoms in total. The summed E-state index contributed by atoms with van der Waals surface area (Å²) in [7, 11) is 0. The van der Waals surface area contributed by atoms with E-state index in [0.717, 1.165) is 6.04 Å². The van der Waals surface area contributed by atoms with Gasteiger partial charge in [0.25, 0.3) is 0 Å². The Balaban J connectivity index is 2.10. The molecule has 1 fully saturated rings. The highest BCUT2D eigenvalue weighted by Crippen LogP contribution is 2.16. The molecule has 0 aliphatic carbocycles. The molecule has 0 aromatic rings. The van der Waals surface area contributed by atoms with Crippen LogP contribution in [0.5, 0.6) is 0 Å². The van der Waals surface area contributed by atoms with Crippen LogP contribution in [-0.2, 0) is 0 Å². The first-order valence-corrected chi connectivity index (χ1v) is 4.69. The lowest BCUT2D eigenvalue weighted by atomic mass is 10.2. The minimum atomic E-state index is 0.833. The predicted octanol–water partition coefficient (Wildman–Crippen LogP) is 2.44. The van der Waals surface area contributed by atoms with E-state index >= 15 is 0 Å². The Morgan fingerprint density at radius 1 is 1.64 bits per heavy atom. The van der Waals surface area contributed by atoms with E-state index in [1.807, 2.05) is 6.08 Å². The van der Waals surface area contributed by atoms with E-state index in [1.54, 1.807) is 0 Å². The van der Waals surface area contributed by atoms with Crippen LogP contribution < -0.4 is 0 Å². The maximum absolute atomic E-state index is 3.73. The summed E-state index contributed by atoms with van der Waals surface area (Å²) in [6.45, 7) is 8.65. The standard InChI is InChI=1S/C10H19N/c1-3-4-5-8-11-9-6-7-10(11)2/h3,10H,1,4-9H2,2H3. The van der Waals surface area contributed by atoms with Crippen molar-refractivity contribution < 1.29 is 0 Å². The Labute approximate surface area is 70.1 Å². The summed E-state index contributed by atoms with van der Waals surface area (Å²) in [6.07, 6.45) is 7.27. The third-order valence-corrected chi connectivity index (χ3v) is 2.54. The summed E-state index contributed by atoms with van der Waals surface area (Å²) in [4.78, 5) is 2.59. The quantitative estimate of drug-likeness (QED) is 0.443. The van der Waals surface area contributed by atoms with Gasteiger partial charge in [-0.3, -0.25) is 0 Å². The van der Waals surface area contributed by atoms with Crippen molar-refractivity contribution in [2.45, 2.75) is 38.6 Å². The van der Waals surface area contributed by atoms with E-state index < -0.39 is 0 Å². The SMILES string of the molecule is C=CCCCN1CCCC1C. The van der Waals surface area contributed by atoms with Gasteiger partial charge in [0.05, 0.1) is 0 Å². The minimum absolute atomic E-state index is 0.833. The number of hydrogen-bond acceptors (Lipinski definition) is 1. The van der Waals surface area contributed by atoms with Crippen molar-refractivity contribution in [3.05, 3.63) is 12.7 Å². The van der Waals surface area contributed by atoms with Gasteiger partial charge in [0, 0.05) is 6.04 Å². The number of allylic oxidation sites excluding steroid dienone is 1. The monoisotopic (exact) mass is 153 g/mol. The summed E-state index contributed by atoms with van der Waals surface area (Å²) >= 11 is 0. The maximum Gasteiger partial charge on any atom is 0.00674 e. The third-order valence-electron chi connectivity index (χ3n) is 2.54. The zero-order valence-corrected chi connectivity index (χ0v) is 7.55. The van der Waals surface area contributed by atoms with Crippen LogP contribution in [0.2, 0.25) is 0 Å². The maximum atomic E-state index is 3.73. The largest absolute Gasteiger partial charge is 0.301 e. The second kappa shape index (κ2) is 4.55. The zero-order chi connectivity index (χ0) is 8.10. The van der Waals surface area contributed by atoms with Crippen molar-refractivity contribution in [2.24, 2.45) is 0 Å². The van der Waals surface area contributed by atoms with Crippen LogP contribution in [0.25, 0.3) is 0 Å². The van der Waals surface area contributed by atoms with Crippen LogP contribution in [0.1, 0.15) is 32.6 Å². The molecule has 1 heterocycles. The lowest BCUT2D eigenvalue weighted by Gasteiger charge is -2.19. The third kappa shape index (κ3) is 2.66. The molecular weight excluding hydrogens is 134 g/mol. The van der Waals surface area contributed by atoms with E-state index in [4.69, 9.17) is 0 Å². The molecule has 1 atom stereocenters. The van der Waals surface area contributed by atoms with Gasteiger partial charge in [0.15, 0.2) is 0 Å². The second-order valence-corrected chi connectivity index (χ2v) is 3.46. The van der Waals surface area contributed by atoms with Crippen molar-refractivity contribution in [3.63, 3.8) is 0 Å². The van der Waals surface area contributed by atoms with Crippen LogP contribution in [-0.4, -0.2) is 24.0 Å². The average molecular weight is 153 g/mol. The fourth-order valence-corrected chi connectivity index (χ4v) is 1.76. The molecule has 1 saturated heterocycles. The molecule has 0 bridgehead atoms. The Morgan fingerprint density at radius 3 is 3.00 bits per heavy atom. The first-order chi connectivity index (χ1) is 5.34. The molecule has 0 N–H and O–H groups in total. The predicted molar refractivity (Wildman–Crippen MR) is 49.7 cm³/mol. The average Bonchev–Trinajstić information content (AvgIpc) is 2.37. The Morgan fingerprint density at radius 2 is 2.45 bits per heavy atom. The van der Waals surface area contributed by atoms with Crippen LogP contribution in [0.3, 0.4) is 0 Å². The van der Waals surface area contributed by atoms with E-state index in [2.05, 4.69) is 18.4 Å². The molecule has 1 heteroatoms. The van der Waals surface area contributed by atoms with Crippen molar-refractivity contribution in [1.29, 1.82) is 0 Å². The summed E-state index contributed by atoms with van der Waals surface area (Å²) in [5.74, 6) is 0. The minimum Gasteiger partial charge on any atom is -0.301 e. The molecular formula is C10H19N. The Hall–Kier alpha value is -0.300. The van der Waals surface area contributed by atoms with Gasteiger partial charge in [0.2, 0.25) is 0 Å². The van der Waals surface area contributed by atoms with Crippen LogP contribution in [0.4, 0.5) is 0 Å². The molecule has 11 heavy (non-hydrogen) atoms. The van der Waals surface area contributed by atoms with E-state index in [-0.39, 0.29) is 0 Å². The summed E-state index contributed by atoms with van der Waals surface area (Å²) in [6, 6.07) is 0.833. The highest BCUT2D eigenvalue weighted by molar-refractivity contribution is 4.76. The van der Waals surface area contributed by atoms with Gasteiger partial charge in [-0.2, -0.15) is 0 Å². The van der Waals surface area contributed by atoms with Gasteiger partial charge in [-0.15, -0.1) is 6.58 Å². The molecule has 1 aliphatic rings. The lowest BCUT2D eigenvalue weighted by Crippen LogP contribution is -2.27. The van der Waals surface area contributed by atoms with Crippen molar-refractivity contribution in [2.75, 3.05) is 13.1 Å². The molecule has 0 radical (unpaired) electrons. The molecule has 0 spiro atoms. The van der Waals surface area contributed by atoms with Gasteiger partial charge >= 0.3 is 0 Å². The van der Waals surface area contributed by atoms with Gasteiger partial charge in [-0.05, 0) is 45.7 Å². The smallest absolute Gasteiger partial charge is 0.00674 e. The van der Waals surface area contributed by atoms with Gasteiger partial charge < -0.3 is 4.90 Å². The summed E-state index contributed by atoms with van der Waals surface area (Å²) in [5, 5.41) is 0. The topological polar surface area (TPSA) is 3.24 Å². The van der Waals surface area contributed by atoms with Gasteiger partial charge in [-0.1, -0.05) is 6.08 Å². The molecule has 1 aliphatic heterocycles. The van der Waals surface area contributed by atoms with Crippen molar-refractivity contribution >= 4 is 0 Å². The highest BCUT2D eigenvalue weighted by atomic mass is 15.2. The van der Waals surface area contributed by atoms with Crippen LogP contribution >= 0.6 is 0 Å². The van der Waals surface area contributed by atoms with Gasteiger partial charge in [0.1, 0.15) is 0 Å². The van der Waals surface area contributed by atoms with Crippen molar-refractivity contribution in [1.82, 2.24) is 4.90 Å². The lowest BCUT2D eigenvalue weighted by molar-refractivity contribution is 0.266. The number of hydrogen-bond donors (Lipinski definition) is 0. The molecule has 64 valence electrons. The zero-order valence-electron chi connectivity index (χ0n) is 7.55. The molecule has 0 aromatic carbocycles. The van der Waals surface area contributed by atoms with Crippen LogP contribution in [0.15, 0.2) is 12.7 Å². The molecule has 0 saturated carbocycles. The second-order valence-electron chi connectivity index (χ2n) is 3.46. The molecule has 0 amide bonds. The molecule has 1 rings (SSSR count). The Kier molecular flexibility index (Phi) is 3.64. The normalized spacial score (nSPS) is 25.7. The first-order valence-electron chi connectivity index (χ1n) is 4.69. The van der Waals surface area contributed by atoms with E-state index in [1.165, 1.54) is 38.8 Å². The molecule has 0 aromatic heterocycles. The highest BCUT2D eigenvalue weighted by Gasteiger charge is 2.18. The number of rotatable bonds is 4. The van der Waals surface area contributed by atoms with Crippen molar-refractivity contribution in [3.8, 4) is 0 Å². The number of likely N-dealkylation sites (tertiary alicyclic amines) is 1. The van der Waals surface area contributed by atoms with E-state index in [0.29, 0.717) is 0 Å². The summed E-state index contributed by atoms with van der Waals surface area (Å²) in [5.41, 5.74) is 0. The summed E-state index contributed by atoms with van der Waals surface area (Å²) < 4.78 is 0. The Bertz CT molecular complexity index is 120. The fourth-order valence-electron chi connectivity index (χ4n) is 1.76. The number of nitrogens with zero attached hydrogens (tertiary/aromatic N) is 1.